The Bertz CT molecular complexity index is 781. The van der Waals surface area contributed by atoms with Crippen molar-refractivity contribution in [1.82, 2.24) is 0 Å². The van der Waals surface area contributed by atoms with Crippen molar-refractivity contribution in [3.8, 4) is 11.5 Å². The molecule has 1 atom stereocenters. The summed E-state index contributed by atoms with van der Waals surface area (Å²) in [5.41, 5.74) is 1.30. The van der Waals surface area contributed by atoms with E-state index >= 15 is 0 Å². The minimum Gasteiger partial charge on any atom is -0.493 e. The van der Waals surface area contributed by atoms with E-state index in [9.17, 15) is 13.6 Å². The van der Waals surface area contributed by atoms with Crippen LogP contribution in [0.15, 0.2) is 30.3 Å². The highest BCUT2D eigenvalue weighted by Gasteiger charge is 2.17. The van der Waals surface area contributed by atoms with Gasteiger partial charge in [0.05, 0.1) is 19.9 Å². The number of benzene rings is 2. The van der Waals surface area contributed by atoms with Gasteiger partial charge in [0, 0.05) is 17.8 Å². The summed E-state index contributed by atoms with van der Waals surface area (Å²) in [6.45, 7) is 3.46. The van der Waals surface area contributed by atoms with Gasteiger partial charge in [-0.05, 0) is 37.6 Å². The Kier molecular flexibility index (Phi) is 5.80. The molecule has 2 rings (SSSR count). The van der Waals surface area contributed by atoms with Crippen LogP contribution in [0.3, 0.4) is 0 Å². The molecule has 0 bridgehead atoms. The van der Waals surface area contributed by atoms with E-state index in [2.05, 4.69) is 10.6 Å². The van der Waals surface area contributed by atoms with Gasteiger partial charge in [-0.15, -0.1) is 0 Å². The van der Waals surface area contributed by atoms with E-state index in [0.717, 1.165) is 23.8 Å². The lowest BCUT2D eigenvalue weighted by molar-refractivity contribution is -0.116. The van der Waals surface area contributed by atoms with Gasteiger partial charge in [-0.1, -0.05) is 0 Å². The van der Waals surface area contributed by atoms with Gasteiger partial charge in [-0.2, -0.15) is 0 Å². The Morgan fingerprint density at radius 3 is 2.32 bits per heavy atom. The molecule has 0 fully saturated rings. The van der Waals surface area contributed by atoms with Gasteiger partial charge in [-0.3, -0.25) is 4.79 Å². The summed E-state index contributed by atoms with van der Waals surface area (Å²) in [6.07, 6.45) is 0. The third kappa shape index (κ3) is 4.37. The molecule has 2 aromatic carbocycles. The molecule has 0 aliphatic rings. The van der Waals surface area contributed by atoms with Crippen LogP contribution >= 0.6 is 0 Å². The SMILES string of the molecule is COc1cc(C)c(NC(C)C(=O)Nc2cc(F)ccc2F)cc1OC. The fourth-order valence-corrected chi connectivity index (χ4v) is 2.27. The standard InChI is InChI=1S/C18H20F2N2O3/c1-10-7-16(24-3)17(25-4)9-14(10)21-11(2)18(23)22-15-8-12(19)5-6-13(15)20/h5-9,11,21H,1-4H3,(H,22,23). The van der Waals surface area contributed by atoms with Crippen LogP contribution in [0.5, 0.6) is 11.5 Å². The predicted molar refractivity (Wildman–Crippen MR) is 92.4 cm³/mol. The molecule has 0 saturated heterocycles. The zero-order valence-electron chi connectivity index (χ0n) is 14.4. The third-order valence-corrected chi connectivity index (χ3v) is 3.68. The number of hydrogen-bond donors (Lipinski definition) is 2. The summed E-state index contributed by atoms with van der Waals surface area (Å²) in [7, 11) is 3.05. The summed E-state index contributed by atoms with van der Waals surface area (Å²) in [6, 6.07) is 5.67. The first-order valence-corrected chi connectivity index (χ1v) is 7.60. The molecule has 0 aromatic heterocycles. The van der Waals surface area contributed by atoms with E-state index in [1.807, 2.05) is 6.92 Å². The van der Waals surface area contributed by atoms with Gasteiger partial charge >= 0.3 is 0 Å². The Hall–Kier alpha value is -2.83. The first-order valence-electron chi connectivity index (χ1n) is 7.60. The molecule has 5 nitrogen and oxygen atoms in total. The van der Waals surface area contributed by atoms with E-state index in [1.54, 1.807) is 19.1 Å². The molecule has 0 radical (unpaired) electrons. The van der Waals surface area contributed by atoms with Crippen LogP contribution in [0.1, 0.15) is 12.5 Å². The van der Waals surface area contributed by atoms with Crippen LogP contribution in [0.2, 0.25) is 0 Å². The molecule has 1 amide bonds. The van der Waals surface area contributed by atoms with E-state index in [1.165, 1.54) is 14.2 Å². The largest absolute Gasteiger partial charge is 0.493 e. The summed E-state index contributed by atoms with van der Waals surface area (Å²) >= 11 is 0. The van der Waals surface area contributed by atoms with Gasteiger partial charge in [0.15, 0.2) is 11.5 Å². The molecule has 2 N–H and O–H groups in total. The number of anilines is 2. The van der Waals surface area contributed by atoms with E-state index in [4.69, 9.17) is 9.47 Å². The lowest BCUT2D eigenvalue weighted by Crippen LogP contribution is -2.32. The Morgan fingerprint density at radius 2 is 1.68 bits per heavy atom. The average molecular weight is 350 g/mol. The summed E-state index contributed by atoms with van der Waals surface area (Å²) in [4.78, 5) is 12.3. The minimum atomic E-state index is -0.704. The van der Waals surface area contributed by atoms with Crippen LogP contribution in [0.4, 0.5) is 20.2 Å². The number of amides is 1. The highest BCUT2D eigenvalue weighted by atomic mass is 19.1. The van der Waals surface area contributed by atoms with Gasteiger partial charge in [0.2, 0.25) is 5.91 Å². The number of ether oxygens (including phenoxy) is 2. The molecule has 134 valence electrons. The number of methoxy groups -OCH3 is 2. The van der Waals surface area contributed by atoms with Crippen molar-refractivity contribution in [3.05, 3.63) is 47.5 Å². The molecule has 2 aromatic rings. The van der Waals surface area contributed by atoms with Gasteiger partial charge in [-0.25, -0.2) is 8.78 Å². The molecule has 0 saturated carbocycles. The fraction of sp³-hybridized carbons (Fsp3) is 0.278. The van der Waals surface area contributed by atoms with Gasteiger partial charge in [0.1, 0.15) is 17.7 Å². The summed E-state index contributed by atoms with van der Waals surface area (Å²) in [5, 5.41) is 5.40. The van der Waals surface area contributed by atoms with Crippen LogP contribution in [-0.2, 0) is 4.79 Å². The number of carbonyl (C=O) groups is 1. The molecule has 25 heavy (non-hydrogen) atoms. The highest BCUT2D eigenvalue weighted by Crippen LogP contribution is 2.33. The van der Waals surface area contributed by atoms with Crippen molar-refractivity contribution in [2.45, 2.75) is 19.9 Å². The van der Waals surface area contributed by atoms with Gasteiger partial charge < -0.3 is 20.1 Å². The second kappa shape index (κ2) is 7.83. The maximum Gasteiger partial charge on any atom is 0.246 e. The van der Waals surface area contributed by atoms with Gasteiger partial charge in [0.25, 0.3) is 0 Å². The maximum absolute atomic E-state index is 13.6. The maximum atomic E-state index is 13.6. The van der Waals surface area contributed by atoms with E-state index in [-0.39, 0.29) is 5.69 Å². The Labute approximate surface area is 144 Å². The molecule has 0 aliphatic heterocycles. The monoisotopic (exact) mass is 350 g/mol. The lowest BCUT2D eigenvalue weighted by Gasteiger charge is -2.19. The van der Waals surface area contributed by atoms with Crippen molar-refractivity contribution >= 4 is 17.3 Å². The number of hydrogen-bond acceptors (Lipinski definition) is 4. The second-order valence-electron chi connectivity index (χ2n) is 5.50. The Balaban J connectivity index is 2.14. The third-order valence-electron chi connectivity index (χ3n) is 3.68. The number of rotatable bonds is 6. The predicted octanol–water partition coefficient (Wildman–Crippen LogP) is 3.73. The van der Waals surface area contributed by atoms with Crippen molar-refractivity contribution in [2.24, 2.45) is 0 Å². The normalized spacial score (nSPS) is 11.6. The number of aryl methyl sites for hydroxylation is 1. The summed E-state index contributed by atoms with van der Waals surface area (Å²) in [5.74, 6) is -0.750. The Morgan fingerprint density at radius 1 is 1.04 bits per heavy atom. The molecule has 0 aliphatic carbocycles. The molecule has 0 heterocycles. The molecule has 0 spiro atoms. The van der Waals surface area contributed by atoms with Crippen LogP contribution in [-0.4, -0.2) is 26.2 Å². The van der Waals surface area contributed by atoms with Crippen molar-refractivity contribution in [3.63, 3.8) is 0 Å². The molecule has 7 heteroatoms. The first kappa shape index (κ1) is 18.5. The fourth-order valence-electron chi connectivity index (χ4n) is 2.27. The van der Waals surface area contributed by atoms with E-state index < -0.39 is 23.6 Å². The first-order chi connectivity index (χ1) is 11.8. The quantitative estimate of drug-likeness (QED) is 0.833. The smallest absolute Gasteiger partial charge is 0.246 e. The van der Waals surface area contributed by atoms with E-state index in [0.29, 0.717) is 17.2 Å². The molecular weight excluding hydrogens is 330 g/mol. The second-order valence-corrected chi connectivity index (χ2v) is 5.50. The molecular formula is C18H20F2N2O3. The topological polar surface area (TPSA) is 59.6 Å². The minimum absolute atomic E-state index is 0.206. The van der Waals surface area contributed by atoms with Crippen molar-refractivity contribution in [1.29, 1.82) is 0 Å². The van der Waals surface area contributed by atoms with Crippen LogP contribution in [0.25, 0.3) is 0 Å². The molecule has 1 unspecified atom stereocenters. The average Bonchev–Trinajstić information content (AvgIpc) is 2.59. The van der Waals surface area contributed by atoms with Crippen LogP contribution < -0.4 is 20.1 Å². The number of nitrogens with one attached hydrogen (secondary N) is 2. The number of carbonyl (C=O) groups excluding carboxylic acids is 1. The zero-order chi connectivity index (χ0) is 18.6. The highest BCUT2D eigenvalue weighted by molar-refractivity contribution is 5.96. The number of halogens is 2. The summed E-state index contributed by atoms with van der Waals surface area (Å²) < 4.78 is 37.3. The van der Waals surface area contributed by atoms with Crippen LogP contribution in [0, 0.1) is 18.6 Å². The lowest BCUT2D eigenvalue weighted by atomic mass is 10.1. The zero-order valence-corrected chi connectivity index (χ0v) is 14.4. The van der Waals surface area contributed by atoms with Crippen molar-refractivity contribution in [2.75, 3.05) is 24.9 Å². The van der Waals surface area contributed by atoms with Crippen molar-refractivity contribution < 1.29 is 23.0 Å².